The molecule has 1 amide bonds. The van der Waals surface area contributed by atoms with Gasteiger partial charge in [-0.1, -0.05) is 24.3 Å². The fraction of sp³-hybridized carbons (Fsp3) is 0.250. The molecular weight excluding hydrogens is 407 g/mol. The van der Waals surface area contributed by atoms with Crippen molar-refractivity contribution in [3.05, 3.63) is 65.5 Å². The lowest BCUT2D eigenvalue weighted by Gasteiger charge is -2.21. The van der Waals surface area contributed by atoms with Gasteiger partial charge in [0.2, 0.25) is 0 Å². The fourth-order valence-corrected chi connectivity index (χ4v) is 3.95. The molecule has 7 nitrogen and oxygen atoms in total. The standard InChI is InChI=1S/C24H25FN6O/c1-5-31(6-2)24(32)18-13-14-21(17-10-7-11-19(25)22(17)18)26-20-12-8-9-16(15(20)3)23-27-28-29-30(23)4/h7-14,26H,5-6H2,1-4H3. The molecule has 8 heteroatoms. The molecule has 3 aromatic carbocycles. The van der Waals surface area contributed by atoms with Gasteiger partial charge in [0, 0.05) is 47.8 Å². The first kappa shape index (κ1) is 21.4. The highest BCUT2D eigenvalue weighted by Crippen LogP contribution is 2.34. The van der Waals surface area contributed by atoms with E-state index in [1.807, 2.05) is 51.1 Å². The maximum atomic E-state index is 14.9. The number of carbonyl (C=O) groups is 1. The van der Waals surface area contributed by atoms with Gasteiger partial charge in [0.05, 0.1) is 5.56 Å². The second-order valence-corrected chi connectivity index (χ2v) is 7.53. The van der Waals surface area contributed by atoms with Crippen LogP contribution in [0, 0.1) is 12.7 Å². The van der Waals surface area contributed by atoms with E-state index in [1.54, 1.807) is 28.8 Å². The molecule has 0 spiro atoms. The molecular formula is C24H25FN6O. The first-order valence-electron chi connectivity index (χ1n) is 10.6. The van der Waals surface area contributed by atoms with Gasteiger partial charge < -0.3 is 10.2 Å². The van der Waals surface area contributed by atoms with Crippen LogP contribution in [0.5, 0.6) is 0 Å². The van der Waals surface area contributed by atoms with E-state index in [0.717, 1.165) is 16.8 Å². The largest absolute Gasteiger partial charge is 0.355 e. The number of fused-ring (bicyclic) bond motifs is 1. The van der Waals surface area contributed by atoms with Crippen LogP contribution in [0.1, 0.15) is 29.8 Å². The molecule has 0 saturated heterocycles. The third kappa shape index (κ3) is 3.68. The molecule has 0 fully saturated rings. The predicted molar refractivity (Wildman–Crippen MR) is 123 cm³/mol. The molecule has 0 bridgehead atoms. The van der Waals surface area contributed by atoms with Crippen molar-refractivity contribution in [3.63, 3.8) is 0 Å². The second kappa shape index (κ2) is 8.74. The van der Waals surface area contributed by atoms with Crippen LogP contribution < -0.4 is 5.32 Å². The summed E-state index contributed by atoms with van der Waals surface area (Å²) in [6.45, 7) is 6.94. The zero-order valence-electron chi connectivity index (χ0n) is 18.6. The Bertz CT molecular complexity index is 1300. The third-order valence-corrected chi connectivity index (χ3v) is 5.74. The van der Waals surface area contributed by atoms with Gasteiger partial charge in [0.15, 0.2) is 5.82 Å². The molecule has 1 aromatic heterocycles. The smallest absolute Gasteiger partial charge is 0.254 e. The number of aromatic nitrogens is 4. The molecule has 4 rings (SSSR count). The Morgan fingerprint density at radius 1 is 1.06 bits per heavy atom. The number of carbonyl (C=O) groups excluding carboxylic acids is 1. The topological polar surface area (TPSA) is 75.9 Å². The van der Waals surface area contributed by atoms with E-state index < -0.39 is 5.82 Å². The highest BCUT2D eigenvalue weighted by molar-refractivity contribution is 6.11. The fourth-order valence-electron chi connectivity index (χ4n) is 3.95. The molecule has 0 unspecified atom stereocenters. The summed E-state index contributed by atoms with van der Waals surface area (Å²) in [5.74, 6) is 0.0594. The van der Waals surface area contributed by atoms with E-state index >= 15 is 0 Å². The van der Waals surface area contributed by atoms with Crippen molar-refractivity contribution in [1.82, 2.24) is 25.1 Å². The number of hydrogen-bond donors (Lipinski definition) is 1. The molecule has 1 N–H and O–H groups in total. The lowest BCUT2D eigenvalue weighted by molar-refractivity contribution is 0.0774. The molecule has 32 heavy (non-hydrogen) atoms. The van der Waals surface area contributed by atoms with Gasteiger partial charge in [0.25, 0.3) is 5.91 Å². The number of nitrogens with zero attached hydrogens (tertiary/aromatic N) is 5. The second-order valence-electron chi connectivity index (χ2n) is 7.53. The van der Waals surface area contributed by atoms with E-state index in [4.69, 9.17) is 0 Å². The van der Waals surface area contributed by atoms with Gasteiger partial charge in [0.1, 0.15) is 5.82 Å². The minimum absolute atomic E-state index is 0.176. The minimum Gasteiger partial charge on any atom is -0.355 e. The summed E-state index contributed by atoms with van der Waals surface area (Å²) < 4.78 is 16.6. The van der Waals surface area contributed by atoms with Crippen LogP contribution in [0.15, 0.2) is 48.5 Å². The highest BCUT2D eigenvalue weighted by atomic mass is 19.1. The van der Waals surface area contributed by atoms with Crippen LogP contribution in [0.2, 0.25) is 0 Å². The van der Waals surface area contributed by atoms with Crippen LogP contribution in [0.25, 0.3) is 22.2 Å². The minimum atomic E-state index is -0.419. The summed E-state index contributed by atoms with van der Waals surface area (Å²) >= 11 is 0. The lowest BCUT2D eigenvalue weighted by Crippen LogP contribution is -2.30. The molecule has 0 aliphatic heterocycles. The number of benzene rings is 3. The molecule has 164 valence electrons. The van der Waals surface area contributed by atoms with Crippen molar-refractivity contribution in [2.45, 2.75) is 20.8 Å². The lowest BCUT2D eigenvalue weighted by atomic mass is 10.00. The van der Waals surface area contributed by atoms with Crippen LogP contribution >= 0.6 is 0 Å². The number of amides is 1. The molecule has 0 aliphatic rings. The Morgan fingerprint density at radius 3 is 2.50 bits per heavy atom. The van der Waals surface area contributed by atoms with Crippen LogP contribution in [-0.4, -0.2) is 44.1 Å². The zero-order valence-corrected chi connectivity index (χ0v) is 18.6. The number of aryl methyl sites for hydroxylation is 1. The van der Waals surface area contributed by atoms with Crippen molar-refractivity contribution in [3.8, 4) is 11.4 Å². The number of halogens is 1. The highest BCUT2D eigenvalue weighted by Gasteiger charge is 2.20. The summed E-state index contributed by atoms with van der Waals surface area (Å²) in [6.07, 6.45) is 0. The average Bonchev–Trinajstić information content (AvgIpc) is 3.22. The molecule has 0 atom stereocenters. The SMILES string of the molecule is CCN(CC)C(=O)c1ccc(Nc2cccc(-c3nnnn3C)c2C)c2cccc(F)c12. The Labute approximate surface area is 185 Å². The molecule has 4 aromatic rings. The Morgan fingerprint density at radius 2 is 1.81 bits per heavy atom. The normalized spacial score (nSPS) is 11.0. The number of tetrazole rings is 1. The van der Waals surface area contributed by atoms with E-state index in [0.29, 0.717) is 40.9 Å². The zero-order chi connectivity index (χ0) is 22.8. The van der Waals surface area contributed by atoms with Gasteiger partial charge in [-0.25, -0.2) is 9.07 Å². The quantitative estimate of drug-likeness (QED) is 0.478. The van der Waals surface area contributed by atoms with Crippen molar-refractivity contribution < 1.29 is 9.18 Å². The van der Waals surface area contributed by atoms with Gasteiger partial charge in [-0.05, 0) is 61.0 Å². The van der Waals surface area contributed by atoms with Gasteiger partial charge in [-0.2, -0.15) is 0 Å². The Kier molecular flexibility index (Phi) is 5.85. The summed E-state index contributed by atoms with van der Waals surface area (Å²) in [6, 6.07) is 14.2. The van der Waals surface area contributed by atoms with Crippen LogP contribution in [0.3, 0.4) is 0 Å². The number of rotatable bonds is 6. The van der Waals surface area contributed by atoms with Crippen molar-refractivity contribution in [1.29, 1.82) is 0 Å². The number of anilines is 2. The maximum Gasteiger partial charge on any atom is 0.254 e. The first-order valence-corrected chi connectivity index (χ1v) is 10.6. The Hall–Kier alpha value is -3.81. The number of hydrogen-bond acceptors (Lipinski definition) is 5. The molecule has 1 heterocycles. The monoisotopic (exact) mass is 432 g/mol. The summed E-state index contributed by atoms with van der Waals surface area (Å²) in [5.41, 5.74) is 3.78. The Balaban J connectivity index is 1.81. The average molecular weight is 433 g/mol. The van der Waals surface area contributed by atoms with E-state index in [-0.39, 0.29) is 5.91 Å². The summed E-state index contributed by atoms with van der Waals surface area (Å²) in [7, 11) is 1.79. The first-order chi connectivity index (χ1) is 15.5. The van der Waals surface area contributed by atoms with E-state index in [1.165, 1.54) is 6.07 Å². The van der Waals surface area contributed by atoms with Gasteiger partial charge >= 0.3 is 0 Å². The number of nitrogens with one attached hydrogen (secondary N) is 1. The van der Waals surface area contributed by atoms with Gasteiger partial charge in [-0.15, -0.1) is 5.10 Å². The predicted octanol–water partition coefficient (Wildman–Crippen LogP) is 4.70. The van der Waals surface area contributed by atoms with Crippen LogP contribution in [-0.2, 0) is 7.05 Å². The van der Waals surface area contributed by atoms with Crippen molar-refractivity contribution >= 4 is 28.1 Å². The summed E-state index contributed by atoms with van der Waals surface area (Å²) in [5, 5.41) is 16.1. The molecule has 0 aliphatic carbocycles. The maximum absolute atomic E-state index is 14.9. The van der Waals surface area contributed by atoms with Crippen molar-refractivity contribution in [2.75, 3.05) is 18.4 Å². The van der Waals surface area contributed by atoms with E-state index in [9.17, 15) is 9.18 Å². The summed E-state index contributed by atoms with van der Waals surface area (Å²) in [4.78, 5) is 14.7. The van der Waals surface area contributed by atoms with E-state index in [2.05, 4.69) is 20.8 Å². The molecule has 0 saturated carbocycles. The van der Waals surface area contributed by atoms with Gasteiger partial charge in [-0.3, -0.25) is 4.79 Å². The third-order valence-electron chi connectivity index (χ3n) is 5.74. The molecule has 0 radical (unpaired) electrons. The van der Waals surface area contributed by atoms with Crippen molar-refractivity contribution in [2.24, 2.45) is 7.05 Å². The van der Waals surface area contributed by atoms with Crippen LogP contribution in [0.4, 0.5) is 15.8 Å².